The number of aryl methyl sites for hydroxylation is 1. The third-order valence-electron chi connectivity index (χ3n) is 5.80. The van der Waals surface area contributed by atoms with E-state index in [0.717, 1.165) is 29.3 Å². The van der Waals surface area contributed by atoms with Gasteiger partial charge >= 0.3 is 0 Å². The molecule has 2 N–H and O–H groups in total. The Labute approximate surface area is 192 Å². The highest BCUT2D eigenvalue weighted by Gasteiger charge is 2.28. The van der Waals surface area contributed by atoms with Crippen LogP contribution in [0, 0.1) is 11.6 Å². The van der Waals surface area contributed by atoms with Crippen LogP contribution in [0.4, 0.5) is 8.78 Å². The highest BCUT2D eigenvalue weighted by atomic mass is 19.1. The van der Waals surface area contributed by atoms with Gasteiger partial charge in [0, 0.05) is 34.5 Å². The second kappa shape index (κ2) is 8.22. The molecule has 0 unspecified atom stereocenters. The van der Waals surface area contributed by atoms with Gasteiger partial charge in [0.15, 0.2) is 6.29 Å². The fourth-order valence-electron chi connectivity index (χ4n) is 4.39. The Morgan fingerprint density at radius 1 is 1.15 bits per heavy atom. The molecule has 0 atom stereocenters. The first-order valence-electron chi connectivity index (χ1n) is 10.4. The van der Waals surface area contributed by atoms with Gasteiger partial charge in [-0.05, 0) is 42.7 Å². The number of ether oxygens (including phenoxy) is 1. The Bertz CT molecular complexity index is 1440. The van der Waals surface area contributed by atoms with Gasteiger partial charge in [-0.25, -0.2) is 13.5 Å². The average molecular weight is 463 g/mol. The van der Waals surface area contributed by atoms with Gasteiger partial charge in [-0.1, -0.05) is 0 Å². The summed E-state index contributed by atoms with van der Waals surface area (Å²) < 4.78 is 36.4. The van der Waals surface area contributed by atoms with Crippen LogP contribution in [0.15, 0.2) is 42.7 Å². The van der Waals surface area contributed by atoms with Crippen LogP contribution in [-0.4, -0.2) is 38.9 Å². The number of benzene rings is 2. The molecular weight excluding hydrogens is 444 g/mol. The number of halogens is 2. The van der Waals surface area contributed by atoms with Crippen LogP contribution in [0.2, 0.25) is 0 Å². The molecule has 4 aromatic rings. The second-order valence-electron chi connectivity index (χ2n) is 7.97. The molecule has 0 saturated heterocycles. The van der Waals surface area contributed by atoms with E-state index in [1.165, 1.54) is 9.36 Å². The molecule has 1 amide bonds. The number of rotatable bonds is 6. The van der Waals surface area contributed by atoms with E-state index < -0.39 is 17.5 Å². The number of nitrogens with zero attached hydrogens (tertiary/aromatic N) is 4. The van der Waals surface area contributed by atoms with Gasteiger partial charge in [0.2, 0.25) is 5.91 Å². The van der Waals surface area contributed by atoms with Gasteiger partial charge < -0.3 is 10.5 Å². The van der Waals surface area contributed by atoms with Gasteiger partial charge in [0.05, 0.1) is 24.7 Å². The van der Waals surface area contributed by atoms with E-state index in [1.54, 1.807) is 19.5 Å². The van der Waals surface area contributed by atoms with Crippen molar-refractivity contribution in [2.45, 2.75) is 19.4 Å². The summed E-state index contributed by atoms with van der Waals surface area (Å²) >= 11 is 0. The van der Waals surface area contributed by atoms with Crippen LogP contribution < -0.4 is 10.5 Å². The number of fused-ring (bicyclic) bond motifs is 3. The molecule has 2 aromatic heterocycles. The Morgan fingerprint density at radius 3 is 2.59 bits per heavy atom. The molecule has 0 radical (unpaired) electrons. The molecule has 2 aromatic carbocycles. The van der Waals surface area contributed by atoms with Crippen LogP contribution in [0.5, 0.6) is 5.75 Å². The Hall–Kier alpha value is -4.34. The van der Waals surface area contributed by atoms with E-state index in [2.05, 4.69) is 10.2 Å². The molecule has 8 nitrogen and oxygen atoms in total. The van der Waals surface area contributed by atoms with Crippen molar-refractivity contribution >= 4 is 12.2 Å². The maximum Gasteiger partial charge on any atom is 0.239 e. The molecule has 0 bridgehead atoms. The largest absolute Gasteiger partial charge is 0.496 e. The Balaban J connectivity index is 1.72. The Morgan fingerprint density at radius 2 is 1.91 bits per heavy atom. The van der Waals surface area contributed by atoms with E-state index in [0.29, 0.717) is 47.3 Å². The number of nitrogens with two attached hydrogens (primary N) is 1. The van der Waals surface area contributed by atoms with Gasteiger partial charge in [0.25, 0.3) is 0 Å². The third-order valence-corrected chi connectivity index (χ3v) is 5.80. The molecule has 1 aliphatic rings. The molecular formula is C24H19F2N5O3. The molecule has 34 heavy (non-hydrogen) atoms. The van der Waals surface area contributed by atoms with E-state index in [4.69, 9.17) is 10.5 Å². The first kappa shape index (κ1) is 21.5. The summed E-state index contributed by atoms with van der Waals surface area (Å²) in [6.07, 6.45) is 5.08. The van der Waals surface area contributed by atoms with Gasteiger partial charge in [-0.2, -0.15) is 10.2 Å². The summed E-state index contributed by atoms with van der Waals surface area (Å²) in [6.45, 7) is -0.0714. The van der Waals surface area contributed by atoms with Crippen molar-refractivity contribution in [3.63, 3.8) is 0 Å². The Kier molecular flexibility index (Phi) is 5.20. The zero-order valence-corrected chi connectivity index (χ0v) is 18.1. The number of aromatic nitrogens is 4. The van der Waals surface area contributed by atoms with Gasteiger partial charge in [-0.3, -0.25) is 14.3 Å². The molecule has 0 saturated carbocycles. The highest BCUT2D eigenvalue weighted by molar-refractivity contribution is 5.86. The summed E-state index contributed by atoms with van der Waals surface area (Å²) in [7, 11) is 1.55. The van der Waals surface area contributed by atoms with E-state index in [-0.39, 0.29) is 17.9 Å². The summed E-state index contributed by atoms with van der Waals surface area (Å²) in [6, 6.07) is 6.87. The number of carbonyl (C=O) groups excluding carboxylic acids is 2. The van der Waals surface area contributed by atoms with Crippen molar-refractivity contribution in [1.29, 1.82) is 0 Å². The van der Waals surface area contributed by atoms with Gasteiger partial charge in [0.1, 0.15) is 29.6 Å². The van der Waals surface area contributed by atoms with Crippen LogP contribution in [0.25, 0.3) is 28.1 Å². The predicted molar refractivity (Wildman–Crippen MR) is 119 cm³/mol. The lowest BCUT2D eigenvalue weighted by atomic mass is 9.86. The summed E-state index contributed by atoms with van der Waals surface area (Å²) in [5.74, 6) is -1.43. The van der Waals surface area contributed by atoms with Crippen LogP contribution in [-0.2, 0) is 24.2 Å². The average Bonchev–Trinajstić information content (AvgIpc) is 3.41. The molecule has 5 rings (SSSR count). The highest BCUT2D eigenvalue weighted by Crippen LogP contribution is 2.42. The summed E-state index contributed by atoms with van der Waals surface area (Å²) in [5.41, 5.74) is 10.0. The minimum absolute atomic E-state index is 0.0714. The predicted octanol–water partition coefficient (Wildman–Crippen LogP) is 3.09. The summed E-state index contributed by atoms with van der Waals surface area (Å²) in [4.78, 5) is 23.0. The number of carbonyl (C=O) groups is 2. The molecule has 0 aliphatic heterocycles. The SMILES string of the molecule is COc1cc2c(cc1-c1cnn(CC(N)=O)c1)-c1c(c(C=O)nn1-c1cc(F)cc(F)c1)CC2. The normalized spacial score (nSPS) is 12.2. The lowest BCUT2D eigenvalue weighted by molar-refractivity contribution is -0.118. The smallest absolute Gasteiger partial charge is 0.239 e. The first-order valence-corrected chi connectivity index (χ1v) is 10.4. The van der Waals surface area contributed by atoms with Crippen molar-refractivity contribution in [3.8, 4) is 33.8 Å². The molecule has 10 heteroatoms. The number of primary amides is 1. The summed E-state index contributed by atoms with van der Waals surface area (Å²) in [5, 5.41) is 8.54. The van der Waals surface area contributed by atoms with Crippen molar-refractivity contribution in [2.75, 3.05) is 7.11 Å². The van der Waals surface area contributed by atoms with Gasteiger partial charge in [-0.15, -0.1) is 0 Å². The molecule has 1 aliphatic carbocycles. The van der Waals surface area contributed by atoms with E-state index >= 15 is 0 Å². The standard InChI is InChI=1S/C24H19F2N5O3/c1-34-22-4-13-2-3-18-21(12-32)29-31(17-6-15(25)5-16(26)7-17)24(18)20(13)8-19(22)14-9-28-30(10-14)11-23(27)33/h4-10,12H,2-3,11H2,1H3,(H2,27,33). The van der Waals surface area contributed by atoms with Crippen LogP contribution >= 0.6 is 0 Å². The lowest BCUT2D eigenvalue weighted by Gasteiger charge is -2.21. The molecule has 0 fully saturated rings. The minimum Gasteiger partial charge on any atom is -0.496 e. The first-order chi connectivity index (χ1) is 16.4. The van der Waals surface area contributed by atoms with Crippen molar-refractivity contribution < 1.29 is 23.1 Å². The van der Waals surface area contributed by atoms with Crippen molar-refractivity contribution in [2.24, 2.45) is 5.73 Å². The second-order valence-corrected chi connectivity index (χ2v) is 7.97. The fraction of sp³-hybridized carbons (Fsp3) is 0.167. The molecule has 2 heterocycles. The molecule has 172 valence electrons. The third kappa shape index (κ3) is 3.62. The van der Waals surface area contributed by atoms with Crippen molar-refractivity contribution in [1.82, 2.24) is 19.6 Å². The maximum absolute atomic E-state index is 14.0. The number of methoxy groups -OCH3 is 1. The zero-order valence-electron chi connectivity index (χ0n) is 18.1. The van der Waals surface area contributed by atoms with Crippen LogP contribution in [0.1, 0.15) is 21.6 Å². The minimum atomic E-state index is -0.750. The number of hydrogen-bond donors (Lipinski definition) is 1. The molecule has 0 spiro atoms. The number of aldehydes is 1. The van der Waals surface area contributed by atoms with E-state index in [1.807, 2.05) is 12.1 Å². The lowest BCUT2D eigenvalue weighted by Crippen LogP contribution is -2.18. The number of amides is 1. The quantitative estimate of drug-likeness (QED) is 0.443. The zero-order chi connectivity index (χ0) is 24.0. The van der Waals surface area contributed by atoms with E-state index in [9.17, 15) is 18.4 Å². The maximum atomic E-state index is 14.0. The van der Waals surface area contributed by atoms with Crippen molar-refractivity contribution in [3.05, 3.63) is 71.2 Å². The topological polar surface area (TPSA) is 105 Å². The number of hydrogen-bond acceptors (Lipinski definition) is 5. The fourth-order valence-corrected chi connectivity index (χ4v) is 4.39. The monoisotopic (exact) mass is 463 g/mol. The van der Waals surface area contributed by atoms with Crippen LogP contribution in [0.3, 0.4) is 0 Å².